The Hall–Kier alpha value is -4.33. The van der Waals surface area contributed by atoms with Crippen molar-refractivity contribution < 1.29 is 28.6 Å². The van der Waals surface area contributed by atoms with Crippen LogP contribution in [0.25, 0.3) is 0 Å². The zero-order chi connectivity index (χ0) is 23.6. The summed E-state index contributed by atoms with van der Waals surface area (Å²) in [4.78, 5) is 35.6. The van der Waals surface area contributed by atoms with Gasteiger partial charge in [-0.05, 0) is 48.0 Å². The Kier molecular flexibility index (Phi) is 8.02. The summed E-state index contributed by atoms with van der Waals surface area (Å²) in [5.74, 6) is 0.287. The number of anilines is 1. The van der Waals surface area contributed by atoms with E-state index in [0.717, 1.165) is 5.56 Å². The van der Waals surface area contributed by atoms with Crippen molar-refractivity contribution in [2.45, 2.75) is 13.5 Å². The standard InChI is InChI=1S/C25H24N2O6/c1-17(28)33-21-7-5-6-19(14-21)25(30)26-15-18-10-12-20(13-11-18)27-24(29)16-32-23-9-4-3-8-22(23)31-2/h3-14H,15-16H2,1-2H3,(H,26,30)(H,27,29). The fraction of sp³-hybridized carbons (Fsp3) is 0.160. The summed E-state index contributed by atoms with van der Waals surface area (Å²) in [6.07, 6.45) is 0. The zero-order valence-electron chi connectivity index (χ0n) is 18.3. The predicted octanol–water partition coefficient (Wildman–Crippen LogP) is 3.57. The van der Waals surface area contributed by atoms with Crippen molar-refractivity contribution in [1.29, 1.82) is 0 Å². The van der Waals surface area contributed by atoms with E-state index in [1.54, 1.807) is 60.7 Å². The summed E-state index contributed by atoms with van der Waals surface area (Å²) < 4.78 is 15.7. The van der Waals surface area contributed by atoms with Crippen LogP contribution in [0.3, 0.4) is 0 Å². The van der Waals surface area contributed by atoms with Crippen LogP contribution in [-0.2, 0) is 16.1 Å². The van der Waals surface area contributed by atoms with E-state index in [1.165, 1.54) is 20.1 Å². The van der Waals surface area contributed by atoms with Gasteiger partial charge in [0.05, 0.1) is 7.11 Å². The Balaban J connectivity index is 1.48. The number of esters is 1. The Bertz CT molecular complexity index is 1130. The normalized spacial score (nSPS) is 10.1. The molecule has 0 bridgehead atoms. The van der Waals surface area contributed by atoms with Gasteiger partial charge in [0.1, 0.15) is 5.75 Å². The number of nitrogens with one attached hydrogen (secondary N) is 2. The molecule has 0 spiro atoms. The van der Waals surface area contributed by atoms with Crippen molar-refractivity contribution in [2.75, 3.05) is 19.0 Å². The first-order chi connectivity index (χ1) is 15.9. The molecule has 170 valence electrons. The smallest absolute Gasteiger partial charge is 0.308 e. The highest BCUT2D eigenvalue weighted by Crippen LogP contribution is 2.25. The van der Waals surface area contributed by atoms with E-state index in [-0.39, 0.29) is 18.4 Å². The quantitative estimate of drug-likeness (QED) is 0.383. The molecule has 0 atom stereocenters. The Labute approximate surface area is 191 Å². The molecule has 3 aromatic carbocycles. The van der Waals surface area contributed by atoms with E-state index in [1.807, 2.05) is 6.07 Å². The van der Waals surface area contributed by atoms with Crippen LogP contribution < -0.4 is 24.8 Å². The van der Waals surface area contributed by atoms with Crippen molar-refractivity contribution in [3.8, 4) is 17.2 Å². The third kappa shape index (κ3) is 7.10. The van der Waals surface area contributed by atoms with E-state index in [9.17, 15) is 14.4 Å². The fourth-order valence-electron chi connectivity index (χ4n) is 2.94. The van der Waals surface area contributed by atoms with Gasteiger partial charge in [0, 0.05) is 24.7 Å². The van der Waals surface area contributed by atoms with Crippen LogP contribution in [0.2, 0.25) is 0 Å². The maximum Gasteiger partial charge on any atom is 0.308 e. The van der Waals surface area contributed by atoms with Crippen LogP contribution in [0.4, 0.5) is 5.69 Å². The van der Waals surface area contributed by atoms with Crippen LogP contribution in [0.15, 0.2) is 72.8 Å². The summed E-state index contributed by atoms with van der Waals surface area (Å²) in [6, 6.07) is 20.5. The third-order valence-electron chi connectivity index (χ3n) is 4.48. The highest BCUT2D eigenvalue weighted by molar-refractivity contribution is 5.94. The van der Waals surface area contributed by atoms with Gasteiger partial charge in [0.2, 0.25) is 0 Å². The average Bonchev–Trinajstić information content (AvgIpc) is 2.82. The van der Waals surface area contributed by atoms with E-state index in [2.05, 4.69) is 10.6 Å². The maximum atomic E-state index is 12.4. The second kappa shape index (κ2) is 11.3. The Morgan fingerprint density at radius 3 is 2.30 bits per heavy atom. The molecule has 0 aromatic heterocycles. The highest BCUT2D eigenvalue weighted by atomic mass is 16.5. The van der Waals surface area contributed by atoms with Crippen molar-refractivity contribution >= 4 is 23.5 Å². The second-order valence-corrected chi connectivity index (χ2v) is 6.99. The molecule has 2 amide bonds. The van der Waals surface area contributed by atoms with Gasteiger partial charge < -0.3 is 24.8 Å². The first-order valence-electron chi connectivity index (χ1n) is 10.2. The molecule has 8 nitrogen and oxygen atoms in total. The molecule has 0 aliphatic heterocycles. The minimum Gasteiger partial charge on any atom is -0.493 e. The first-order valence-corrected chi connectivity index (χ1v) is 10.2. The van der Waals surface area contributed by atoms with E-state index in [4.69, 9.17) is 14.2 Å². The van der Waals surface area contributed by atoms with Crippen molar-refractivity contribution in [3.63, 3.8) is 0 Å². The summed E-state index contributed by atoms with van der Waals surface area (Å²) in [6.45, 7) is 1.43. The number of carbonyl (C=O) groups excluding carboxylic acids is 3. The van der Waals surface area contributed by atoms with Crippen LogP contribution >= 0.6 is 0 Å². The monoisotopic (exact) mass is 448 g/mol. The van der Waals surface area contributed by atoms with Gasteiger partial charge in [-0.25, -0.2) is 0 Å². The molecule has 8 heteroatoms. The molecule has 2 N–H and O–H groups in total. The van der Waals surface area contributed by atoms with Crippen molar-refractivity contribution in [3.05, 3.63) is 83.9 Å². The third-order valence-corrected chi connectivity index (χ3v) is 4.48. The lowest BCUT2D eigenvalue weighted by Gasteiger charge is -2.11. The fourth-order valence-corrected chi connectivity index (χ4v) is 2.94. The van der Waals surface area contributed by atoms with Crippen LogP contribution in [0, 0.1) is 0 Å². The largest absolute Gasteiger partial charge is 0.493 e. The summed E-state index contributed by atoms with van der Waals surface area (Å²) >= 11 is 0. The Morgan fingerprint density at radius 2 is 1.61 bits per heavy atom. The van der Waals surface area contributed by atoms with Gasteiger partial charge >= 0.3 is 5.97 Å². The minimum atomic E-state index is -0.453. The molecular formula is C25H24N2O6. The molecule has 0 aliphatic carbocycles. The molecule has 3 rings (SSSR count). The number of methoxy groups -OCH3 is 1. The summed E-state index contributed by atoms with van der Waals surface area (Å²) in [5, 5.41) is 5.56. The highest BCUT2D eigenvalue weighted by Gasteiger charge is 2.09. The van der Waals surface area contributed by atoms with E-state index in [0.29, 0.717) is 35.0 Å². The van der Waals surface area contributed by atoms with Gasteiger partial charge in [0.15, 0.2) is 18.1 Å². The van der Waals surface area contributed by atoms with Crippen LogP contribution in [-0.4, -0.2) is 31.5 Å². The number of para-hydroxylation sites is 2. The first kappa shape index (κ1) is 23.3. The SMILES string of the molecule is COc1ccccc1OCC(=O)Nc1ccc(CNC(=O)c2cccc(OC(C)=O)c2)cc1. The molecule has 0 radical (unpaired) electrons. The predicted molar refractivity (Wildman–Crippen MR) is 122 cm³/mol. The number of benzene rings is 3. The lowest BCUT2D eigenvalue weighted by atomic mass is 10.1. The Morgan fingerprint density at radius 1 is 0.879 bits per heavy atom. The number of rotatable bonds is 9. The molecule has 0 saturated carbocycles. The van der Waals surface area contributed by atoms with E-state index >= 15 is 0 Å². The molecule has 0 heterocycles. The second-order valence-electron chi connectivity index (χ2n) is 6.99. The summed E-state index contributed by atoms with van der Waals surface area (Å²) in [7, 11) is 1.53. The molecule has 0 unspecified atom stereocenters. The van der Waals surface area contributed by atoms with Gasteiger partial charge in [0.25, 0.3) is 11.8 Å². The molecule has 0 fully saturated rings. The van der Waals surface area contributed by atoms with Gasteiger partial charge in [-0.2, -0.15) is 0 Å². The van der Waals surface area contributed by atoms with E-state index < -0.39 is 5.97 Å². The number of ether oxygens (including phenoxy) is 3. The van der Waals surface area contributed by atoms with Gasteiger partial charge in [-0.15, -0.1) is 0 Å². The van der Waals surface area contributed by atoms with Gasteiger partial charge in [-0.1, -0.05) is 30.3 Å². The lowest BCUT2D eigenvalue weighted by molar-refractivity contribution is -0.131. The molecule has 0 aliphatic rings. The maximum absolute atomic E-state index is 12.4. The number of amides is 2. The lowest BCUT2D eigenvalue weighted by Crippen LogP contribution is -2.23. The molecule has 3 aromatic rings. The average molecular weight is 448 g/mol. The number of carbonyl (C=O) groups is 3. The van der Waals surface area contributed by atoms with Crippen LogP contribution in [0.1, 0.15) is 22.8 Å². The van der Waals surface area contributed by atoms with Crippen LogP contribution in [0.5, 0.6) is 17.2 Å². The number of hydrogen-bond donors (Lipinski definition) is 2. The van der Waals surface area contributed by atoms with Gasteiger partial charge in [-0.3, -0.25) is 14.4 Å². The summed E-state index contributed by atoms with van der Waals surface area (Å²) in [5.41, 5.74) is 1.84. The topological polar surface area (TPSA) is 103 Å². The van der Waals surface area contributed by atoms with Crippen molar-refractivity contribution in [2.24, 2.45) is 0 Å². The molecule has 0 saturated heterocycles. The molecular weight excluding hydrogens is 424 g/mol. The minimum absolute atomic E-state index is 0.162. The molecule has 33 heavy (non-hydrogen) atoms. The van der Waals surface area contributed by atoms with Crippen molar-refractivity contribution in [1.82, 2.24) is 5.32 Å². The number of hydrogen-bond acceptors (Lipinski definition) is 6. The zero-order valence-corrected chi connectivity index (χ0v) is 18.3.